The van der Waals surface area contributed by atoms with Crippen molar-refractivity contribution in [1.82, 2.24) is 0 Å². The van der Waals surface area contributed by atoms with E-state index in [1.807, 2.05) is 0 Å². The molecular formula is C17H13F2NO3S. The van der Waals surface area contributed by atoms with Gasteiger partial charge in [-0.05, 0) is 36.2 Å². The Balaban J connectivity index is 2.13. The second-order valence-corrected chi connectivity index (χ2v) is 6.45. The van der Waals surface area contributed by atoms with Crippen molar-refractivity contribution in [3.63, 3.8) is 0 Å². The van der Waals surface area contributed by atoms with Gasteiger partial charge in [0.2, 0.25) is 5.91 Å². The summed E-state index contributed by atoms with van der Waals surface area (Å²) in [5.41, 5.74) is 1.32. The van der Waals surface area contributed by atoms with Crippen molar-refractivity contribution < 1.29 is 23.5 Å². The van der Waals surface area contributed by atoms with Gasteiger partial charge in [-0.3, -0.25) is 9.69 Å². The quantitative estimate of drug-likeness (QED) is 0.917. The lowest BCUT2D eigenvalue weighted by atomic mass is 10.1. The molecule has 1 N–H and O–H groups in total. The zero-order chi connectivity index (χ0) is 17.4. The number of aromatic carboxylic acids is 1. The molecule has 0 aliphatic carbocycles. The molecule has 124 valence electrons. The van der Waals surface area contributed by atoms with Gasteiger partial charge in [0.25, 0.3) is 0 Å². The van der Waals surface area contributed by atoms with Crippen LogP contribution in [0, 0.1) is 18.6 Å². The minimum absolute atomic E-state index is 0.00145. The van der Waals surface area contributed by atoms with Crippen LogP contribution in [-0.4, -0.2) is 22.7 Å². The Hall–Kier alpha value is -2.41. The van der Waals surface area contributed by atoms with E-state index in [1.165, 1.54) is 28.8 Å². The molecule has 1 atom stereocenters. The van der Waals surface area contributed by atoms with Crippen LogP contribution in [0.25, 0.3) is 0 Å². The first-order valence-electron chi connectivity index (χ1n) is 7.11. The topological polar surface area (TPSA) is 57.6 Å². The van der Waals surface area contributed by atoms with Crippen molar-refractivity contribution in [2.75, 3.05) is 10.7 Å². The van der Waals surface area contributed by atoms with Gasteiger partial charge in [0.1, 0.15) is 5.37 Å². The van der Waals surface area contributed by atoms with Gasteiger partial charge in [-0.1, -0.05) is 18.2 Å². The molecule has 4 nitrogen and oxygen atoms in total. The van der Waals surface area contributed by atoms with Crippen LogP contribution in [0.2, 0.25) is 0 Å². The fraction of sp³-hybridized carbons (Fsp3) is 0.176. The second-order valence-electron chi connectivity index (χ2n) is 5.38. The number of para-hydroxylation sites is 1. The zero-order valence-corrected chi connectivity index (χ0v) is 13.4. The number of hydrogen-bond donors (Lipinski definition) is 1. The van der Waals surface area contributed by atoms with Crippen LogP contribution in [0.3, 0.4) is 0 Å². The van der Waals surface area contributed by atoms with Gasteiger partial charge >= 0.3 is 5.97 Å². The predicted molar refractivity (Wildman–Crippen MR) is 87.2 cm³/mol. The highest BCUT2D eigenvalue weighted by atomic mass is 32.2. The SMILES string of the molecule is Cc1cccc(C(=O)O)c1N1C(=O)CSC1c1ccc(F)c(F)c1. The summed E-state index contributed by atoms with van der Waals surface area (Å²) in [6.45, 7) is 1.71. The maximum absolute atomic E-state index is 13.6. The maximum atomic E-state index is 13.6. The molecule has 2 aromatic carbocycles. The summed E-state index contributed by atoms with van der Waals surface area (Å²) in [5, 5.41) is 8.81. The number of carbonyl (C=O) groups is 2. The Bertz CT molecular complexity index is 841. The third kappa shape index (κ3) is 2.75. The zero-order valence-electron chi connectivity index (χ0n) is 12.6. The van der Waals surface area contributed by atoms with Crippen molar-refractivity contribution in [2.24, 2.45) is 0 Å². The number of carbonyl (C=O) groups excluding carboxylic acids is 1. The lowest BCUT2D eigenvalue weighted by Gasteiger charge is -2.27. The molecule has 24 heavy (non-hydrogen) atoms. The number of hydrogen-bond acceptors (Lipinski definition) is 3. The molecule has 0 bridgehead atoms. The summed E-state index contributed by atoms with van der Waals surface area (Å²) in [7, 11) is 0. The van der Waals surface area contributed by atoms with Crippen molar-refractivity contribution in [1.29, 1.82) is 0 Å². The van der Waals surface area contributed by atoms with Crippen LogP contribution >= 0.6 is 11.8 Å². The standard InChI is InChI=1S/C17H13F2NO3S/c1-9-3-2-4-11(17(22)23)15(9)20-14(21)8-24-16(20)10-5-6-12(18)13(19)7-10/h2-7,16H,8H2,1H3,(H,22,23). The Labute approximate surface area is 141 Å². The largest absolute Gasteiger partial charge is 0.478 e. The predicted octanol–water partition coefficient (Wildman–Crippen LogP) is 3.75. The summed E-state index contributed by atoms with van der Waals surface area (Å²) in [6.07, 6.45) is 0. The van der Waals surface area contributed by atoms with E-state index in [1.54, 1.807) is 19.1 Å². The molecule has 0 spiro atoms. The summed E-state index contributed by atoms with van der Waals surface area (Å²) in [4.78, 5) is 25.3. The Morgan fingerprint density at radius 3 is 2.67 bits per heavy atom. The van der Waals surface area contributed by atoms with Gasteiger partial charge in [-0.15, -0.1) is 11.8 Å². The first kappa shape index (κ1) is 16.4. The van der Waals surface area contributed by atoms with Gasteiger partial charge in [-0.2, -0.15) is 0 Å². The molecule has 1 amide bonds. The van der Waals surface area contributed by atoms with E-state index in [2.05, 4.69) is 0 Å². The second kappa shape index (κ2) is 6.24. The molecule has 2 aromatic rings. The van der Waals surface area contributed by atoms with E-state index in [0.717, 1.165) is 12.1 Å². The minimum atomic E-state index is -1.15. The fourth-order valence-corrected chi connectivity index (χ4v) is 3.88. The molecule has 0 aromatic heterocycles. The number of carboxylic acid groups (broad SMARTS) is 1. The molecule has 0 radical (unpaired) electrons. The molecule has 1 heterocycles. The number of aryl methyl sites for hydroxylation is 1. The number of nitrogens with zero attached hydrogens (tertiary/aromatic N) is 1. The van der Waals surface area contributed by atoms with E-state index in [9.17, 15) is 23.5 Å². The molecule has 3 rings (SSSR count). The lowest BCUT2D eigenvalue weighted by Crippen LogP contribution is -2.30. The summed E-state index contributed by atoms with van der Waals surface area (Å²) in [6, 6.07) is 8.17. The molecule has 1 aliphatic heterocycles. The third-order valence-electron chi connectivity index (χ3n) is 3.81. The fourth-order valence-electron chi connectivity index (χ4n) is 2.73. The van der Waals surface area contributed by atoms with Crippen LogP contribution in [0.4, 0.5) is 14.5 Å². The Morgan fingerprint density at radius 2 is 2.00 bits per heavy atom. The summed E-state index contributed by atoms with van der Waals surface area (Å²) in [5.74, 6) is -3.26. The van der Waals surface area contributed by atoms with Crippen LogP contribution in [-0.2, 0) is 4.79 Å². The van der Waals surface area contributed by atoms with Crippen LogP contribution < -0.4 is 4.90 Å². The van der Waals surface area contributed by atoms with Crippen LogP contribution in [0.1, 0.15) is 26.9 Å². The number of rotatable bonds is 3. The first-order chi connectivity index (χ1) is 11.4. The molecule has 0 saturated carbocycles. The van der Waals surface area contributed by atoms with Gasteiger partial charge in [0.15, 0.2) is 11.6 Å². The van der Waals surface area contributed by atoms with E-state index in [-0.39, 0.29) is 22.9 Å². The van der Waals surface area contributed by atoms with Crippen molar-refractivity contribution in [3.8, 4) is 0 Å². The van der Waals surface area contributed by atoms with Crippen LogP contribution in [0.5, 0.6) is 0 Å². The molecule has 7 heteroatoms. The van der Waals surface area contributed by atoms with E-state index in [0.29, 0.717) is 11.1 Å². The highest BCUT2D eigenvalue weighted by molar-refractivity contribution is 8.00. The number of anilines is 1. The average molecular weight is 349 g/mol. The van der Waals surface area contributed by atoms with Crippen molar-refractivity contribution >= 4 is 29.3 Å². The number of carboxylic acids is 1. The molecule has 1 saturated heterocycles. The van der Waals surface area contributed by atoms with E-state index >= 15 is 0 Å². The highest BCUT2D eigenvalue weighted by Crippen LogP contribution is 2.44. The first-order valence-corrected chi connectivity index (χ1v) is 8.16. The van der Waals surface area contributed by atoms with Gasteiger partial charge in [0, 0.05) is 0 Å². The van der Waals surface area contributed by atoms with Gasteiger partial charge in [-0.25, -0.2) is 13.6 Å². The summed E-state index contributed by atoms with van der Waals surface area (Å²) >= 11 is 1.24. The molecular weight excluding hydrogens is 336 g/mol. The monoisotopic (exact) mass is 349 g/mol. The smallest absolute Gasteiger partial charge is 0.337 e. The molecule has 1 fully saturated rings. The minimum Gasteiger partial charge on any atom is -0.478 e. The number of halogens is 2. The number of benzene rings is 2. The third-order valence-corrected chi connectivity index (χ3v) is 5.02. The van der Waals surface area contributed by atoms with Crippen molar-refractivity contribution in [2.45, 2.75) is 12.3 Å². The summed E-state index contributed by atoms with van der Waals surface area (Å²) < 4.78 is 26.7. The maximum Gasteiger partial charge on any atom is 0.337 e. The highest BCUT2D eigenvalue weighted by Gasteiger charge is 2.37. The van der Waals surface area contributed by atoms with E-state index in [4.69, 9.17) is 0 Å². The molecule has 1 unspecified atom stereocenters. The van der Waals surface area contributed by atoms with Gasteiger partial charge < -0.3 is 5.11 Å². The van der Waals surface area contributed by atoms with Gasteiger partial charge in [0.05, 0.1) is 17.0 Å². The van der Waals surface area contributed by atoms with E-state index < -0.39 is 23.0 Å². The number of amides is 1. The lowest BCUT2D eigenvalue weighted by molar-refractivity contribution is -0.115. The molecule has 1 aliphatic rings. The number of thioether (sulfide) groups is 1. The van der Waals surface area contributed by atoms with Crippen molar-refractivity contribution in [3.05, 3.63) is 64.7 Å². The normalized spacial score (nSPS) is 17.4. The Morgan fingerprint density at radius 1 is 1.25 bits per heavy atom. The Kier molecular flexibility index (Phi) is 4.28. The average Bonchev–Trinajstić information content (AvgIpc) is 2.91. The van der Waals surface area contributed by atoms with Crippen LogP contribution in [0.15, 0.2) is 36.4 Å².